The van der Waals surface area contributed by atoms with Gasteiger partial charge in [0.05, 0.1) is 23.9 Å². The van der Waals surface area contributed by atoms with Crippen molar-refractivity contribution in [2.75, 3.05) is 13.7 Å². The standard InChI is InChI=1S/C17H22N6O2/c1-3-22-16(19-20-17(22)24)15-8-13(25-2)11-21(15)10-12-9-18-23-7-5-4-6-14(12)23/h4-7,9,13,15H,3,8,10-11H2,1-2H3,(H,20,24)/t13-,15-/m0/s1. The molecule has 2 atom stereocenters. The fourth-order valence-corrected chi connectivity index (χ4v) is 3.69. The van der Waals surface area contributed by atoms with E-state index in [1.807, 2.05) is 36.0 Å². The fraction of sp³-hybridized carbons (Fsp3) is 0.471. The molecule has 0 aromatic carbocycles. The molecule has 3 aromatic rings. The first-order valence-corrected chi connectivity index (χ1v) is 8.54. The second-order valence-electron chi connectivity index (χ2n) is 6.37. The lowest BCUT2D eigenvalue weighted by Gasteiger charge is -2.23. The Morgan fingerprint density at radius 3 is 3.08 bits per heavy atom. The van der Waals surface area contributed by atoms with Gasteiger partial charge in [-0.3, -0.25) is 9.47 Å². The third-order valence-electron chi connectivity index (χ3n) is 4.98. The monoisotopic (exact) mass is 342 g/mol. The van der Waals surface area contributed by atoms with Crippen molar-refractivity contribution < 1.29 is 4.74 Å². The first-order chi connectivity index (χ1) is 12.2. The predicted molar refractivity (Wildman–Crippen MR) is 92.3 cm³/mol. The zero-order chi connectivity index (χ0) is 17.4. The minimum atomic E-state index is -0.158. The van der Waals surface area contributed by atoms with Crippen molar-refractivity contribution in [2.24, 2.45) is 0 Å². The molecule has 1 fully saturated rings. The van der Waals surface area contributed by atoms with E-state index in [0.717, 1.165) is 36.4 Å². The summed E-state index contributed by atoms with van der Waals surface area (Å²) in [6, 6.07) is 6.09. The molecule has 0 aliphatic carbocycles. The third kappa shape index (κ3) is 2.77. The normalized spacial score (nSPS) is 21.4. The Morgan fingerprint density at radius 2 is 2.28 bits per heavy atom. The molecule has 4 rings (SSSR count). The smallest absolute Gasteiger partial charge is 0.343 e. The Hall–Kier alpha value is -2.45. The van der Waals surface area contributed by atoms with E-state index in [1.54, 1.807) is 11.7 Å². The van der Waals surface area contributed by atoms with Gasteiger partial charge in [0.15, 0.2) is 5.82 Å². The number of pyridine rings is 1. The molecule has 3 aromatic heterocycles. The second-order valence-corrected chi connectivity index (χ2v) is 6.37. The Bertz CT molecular complexity index is 927. The van der Waals surface area contributed by atoms with Crippen LogP contribution >= 0.6 is 0 Å². The maximum atomic E-state index is 12.0. The van der Waals surface area contributed by atoms with Gasteiger partial charge in [-0.2, -0.15) is 10.2 Å². The van der Waals surface area contributed by atoms with E-state index in [-0.39, 0.29) is 17.8 Å². The van der Waals surface area contributed by atoms with Crippen molar-refractivity contribution in [3.8, 4) is 0 Å². The van der Waals surface area contributed by atoms with Crippen molar-refractivity contribution in [2.45, 2.75) is 38.6 Å². The van der Waals surface area contributed by atoms with Gasteiger partial charge in [0, 0.05) is 38.5 Å². The lowest BCUT2D eigenvalue weighted by Crippen LogP contribution is -2.28. The van der Waals surface area contributed by atoms with Crippen LogP contribution in [-0.4, -0.2) is 49.0 Å². The molecular formula is C17H22N6O2. The molecule has 0 radical (unpaired) electrons. The highest BCUT2D eigenvalue weighted by Crippen LogP contribution is 2.33. The van der Waals surface area contributed by atoms with Crippen molar-refractivity contribution in [1.29, 1.82) is 0 Å². The largest absolute Gasteiger partial charge is 0.380 e. The van der Waals surface area contributed by atoms with Crippen molar-refractivity contribution in [3.63, 3.8) is 0 Å². The maximum absolute atomic E-state index is 12.0. The van der Waals surface area contributed by atoms with Crippen molar-refractivity contribution in [1.82, 2.24) is 29.3 Å². The average Bonchev–Trinajstić information content (AvgIpc) is 3.32. The van der Waals surface area contributed by atoms with Crippen molar-refractivity contribution >= 4 is 5.52 Å². The van der Waals surface area contributed by atoms with Gasteiger partial charge in [0.25, 0.3) is 0 Å². The number of aromatic nitrogens is 5. The van der Waals surface area contributed by atoms with Crippen LogP contribution in [0.3, 0.4) is 0 Å². The molecule has 1 aliphatic rings. The van der Waals surface area contributed by atoms with Crippen LogP contribution in [0.25, 0.3) is 5.52 Å². The van der Waals surface area contributed by atoms with Gasteiger partial charge in [-0.15, -0.1) is 0 Å². The number of H-pyrrole nitrogens is 1. The van der Waals surface area contributed by atoms with E-state index in [4.69, 9.17) is 4.74 Å². The van der Waals surface area contributed by atoms with Crippen LogP contribution in [0.2, 0.25) is 0 Å². The van der Waals surface area contributed by atoms with E-state index in [1.165, 1.54) is 0 Å². The lowest BCUT2D eigenvalue weighted by molar-refractivity contribution is 0.107. The highest BCUT2D eigenvalue weighted by atomic mass is 16.5. The molecule has 25 heavy (non-hydrogen) atoms. The number of likely N-dealkylation sites (tertiary alicyclic amines) is 1. The number of aromatic amines is 1. The minimum absolute atomic E-state index is 0.0440. The van der Waals surface area contributed by atoms with Gasteiger partial charge < -0.3 is 4.74 Å². The number of methoxy groups -OCH3 is 1. The molecule has 0 unspecified atom stereocenters. The lowest BCUT2D eigenvalue weighted by atomic mass is 10.1. The van der Waals surface area contributed by atoms with E-state index >= 15 is 0 Å². The molecule has 1 saturated heterocycles. The summed E-state index contributed by atoms with van der Waals surface area (Å²) in [6.07, 6.45) is 4.80. The number of ether oxygens (including phenoxy) is 1. The van der Waals surface area contributed by atoms with Gasteiger partial charge in [0.1, 0.15) is 0 Å². The van der Waals surface area contributed by atoms with Crippen LogP contribution in [-0.2, 0) is 17.8 Å². The van der Waals surface area contributed by atoms with Gasteiger partial charge >= 0.3 is 5.69 Å². The van der Waals surface area contributed by atoms with Gasteiger partial charge in [0.2, 0.25) is 0 Å². The highest BCUT2D eigenvalue weighted by Gasteiger charge is 2.36. The zero-order valence-corrected chi connectivity index (χ0v) is 14.4. The first-order valence-electron chi connectivity index (χ1n) is 8.54. The molecule has 8 nitrogen and oxygen atoms in total. The molecule has 132 valence electrons. The van der Waals surface area contributed by atoms with Gasteiger partial charge in [-0.25, -0.2) is 14.4 Å². The topological polar surface area (TPSA) is 80.5 Å². The van der Waals surface area contributed by atoms with Crippen LogP contribution in [0, 0.1) is 0 Å². The van der Waals surface area contributed by atoms with Crippen LogP contribution in [0.5, 0.6) is 0 Å². The first kappa shape index (κ1) is 16.0. The Kier molecular flexibility index (Phi) is 4.14. The summed E-state index contributed by atoms with van der Waals surface area (Å²) in [6.45, 7) is 4.10. The number of hydrogen-bond donors (Lipinski definition) is 1. The molecule has 4 heterocycles. The molecular weight excluding hydrogens is 320 g/mol. The molecule has 1 N–H and O–H groups in total. The van der Waals surface area contributed by atoms with E-state index in [0.29, 0.717) is 6.54 Å². The average molecular weight is 342 g/mol. The third-order valence-corrected chi connectivity index (χ3v) is 4.98. The molecule has 1 aliphatic heterocycles. The summed E-state index contributed by atoms with van der Waals surface area (Å²) in [7, 11) is 1.73. The second kappa shape index (κ2) is 6.45. The predicted octanol–water partition coefficient (Wildman–Crippen LogP) is 1.20. The highest BCUT2D eigenvalue weighted by molar-refractivity contribution is 5.53. The Morgan fingerprint density at radius 1 is 1.40 bits per heavy atom. The SMILES string of the molecule is CCn1c([C@@H]2C[C@H](OC)CN2Cc2cnn3ccccc23)n[nH]c1=O. The molecule has 0 bridgehead atoms. The number of nitrogens with one attached hydrogen (secondary N) is 1. The number of nitrogens with zero attached hydrogens (tertiary/aromatic N) is 5. The Balaban J connectivity index is 1.67. The minimum Gasteiger partial charge on any atom is -0.380 e. The van der Waals surface area contributed by atoms with Gasteiger partial charge in [-0.1, -0.05) is 6.07 Å². The summed E-state index contributed by atoms with van der Waals surface area (Å²) in [4.78, 5) is 14.3. The van der Waals surface area contributed by atoms with E-state index in [2.05, 4.69) is 26.3 Å². The van der Waals surface area contributed by atoms with E-state index in [9.17, 15) is 4.79 Å². The molecule has 0 amide bonds. The van der Waals surface area contributed by atoms with Crippen LogP contribution in [0.1, 0.15) is 30.8 Å². The van der Waals surface area contributed by atoms with Gasteiger partial charge in [-0.05, 0) is 25.5 Å². The maximum Gasteiger partial charge on any atom is 0.343 e. The summed E-state index contributed by atoms with van der Waals surface area (Å²) < 4.78 is 9.17. The number of fused-ring (bicyclic) bond motifs is 1. The van der Waals surface area contributed by atoms with E-state index < -0.39 is 0 Å². The fourth-order valence-electron chi connectivity index (χ4n) is 3.69. The molecule has 8 heteroatoms. The van der Waals surface area contributed by atoms with Crippen LogP contribution in [0.15, 0.2) is 35.4 Å². The molecule has 0 spiro atoms. The summed E-state index contributed by atoms with van der Waals surface area (Å²) in [5.74, 6) is 0.781. The zero-order valence-electron chi connectivity index (χ0n) is 14.4. The summed E-state index contributed by atoms with van der Waals surface area (Å²) in [5, 5.41) is 11.3. The number of hydrogen-bond acceptors (Lipinski definition) is 5. The van der Waals surface area contributed by atoms with Crippen molar-refractivity contribution in [3.05, 3.63) is 52.5 Å². The number of rotatable bonds is 5. The summed E-state index contributed by atoms with van der Waals surface area (Å²) in [5.41, 5.74) is 2.09. The summed E-state index contributed by atoms with van der Waals surface area (Å²) >= 11 is 0. The quantitative estimate of drug-likeness (QED) is 0.754. The Labute approximate surface area is 145 Å². The van der Waals surface area contributed by atoms with Crippen LogP contribution < -0.4 is 5.69 Å². The van der Waals surface area contributed by atoms with Crippen LogP contribution in [0.4, 0.5) is 0 Å². The molecule has 0 saturated carbocycles.